The van der Waals surface area contributed by atoms with E-state index in [-0.39, 0.29) is 24.0 Å². The first kappa shape index (κ1) is 32.2. The number of urea groups is 1. The number of hydrogen-bond acceptors (Lipinski definition) is 6. The minimum atomic E-state index is -0.0943. The van der Waals surface area contributed by atoms with E-state index in [1.54, 1.807) is 18.2 Å². The number of carbonyl (C=O) groups excluding carboxylic acids is 2. The number of likely N-dealkylation sites (tertiary alicyclic amines) is 1. The molecular formula is C36H45N5O4. The molecule has 1 saturated carbocycles. The molecule has 9 heteroatoms. The Morgan fingerprint density at radius 1 is 0.956 bits per heavy atom. The molecule has 2 fully saturated rings. The van der Waals surface area contributed by atoms with E-state index in [1.165, 1.54) is 5.56 Å². The average molecular weight is 612 g/mol. The number of nitrogens with one attached hydrogen (secondary N) is 2. The summed E-state index contributed by atoms with van der Waals surface area (Å²) >= 11 is 0. The summed E-state index contributed by atoms with van der Waals surface area (Å²) in [5.74, 6) is 0.918. The molecule has 45 heavy (non-hydrogen) atoms. The summed E-state index contributed by atoms with van der Waals surface area (Å²) in [6.07, 6.45) is 5.53. The molecule has 1 saturated heterocycles. The predicted molar refractivity (Wildman–Crippen MR) is 177 cm³/mol. The summed E-state index contributed by atoms with van der Waals surface area (Å²) in [6, 6.07) is 27.8. The van der Waals surface area contributed by atoms with Gasteiger partial charge in [-0.1, -0.05) is 66.7 Å². The highest BCUT2D eigenvalue weighted by molar-refractivity contribution is 5.94. The van der Waals surface area contributed by atoms with Crippen LogP contribution in [0.5, 0.6) is 0 Å². The van der Waals surface area contributed by atoms with Crippen molar-refractivity contribution in [3.8, 4) is 0 Å². The minimum Gasteiger partial charge on any atom is -0.339 e. The Hall–Kier alpha value is -4.18. The van der Waals surface area contributed by atoms with Crippen LogP contribution in [0.3, 0.4) is 0 Å². The summed E-state index contributed by atoms with van der Waals surface area (Å²) in [5.41, 5.74) is 6.00. The molecule has 5 rings (SSSR count). The zero-order chi connectivity index (χ0) is 31.6. The number of rotatable bonds is 12. The van der Waals surface area contributed by atoms with Crippen molar-refractivity contribution < 1.29 is 19.8 Å². The predicted octanol–water partition coefficient (Wildman–Crippen LogP) is 6.00. The molecule has 1 aliphatic heterocycles. The van der Waals surface area contributed by atoms with Crippen molar-refractivity contribution in [2.45, 2.75) is 50.2 Å². The number of hydrogen-bond donors (Lipinski definition) is 3. The largest absolute Gasteiger partial charge is 0.339 e. The van der Waals surface area contributed by atoms with Gasteiger partial charge in [0.1, 0.15) is 0 Å². The summed E-state index contributed by atoms with van der Waals surface area (Å²) in [5, 5.41) is 11.6. The van der Waals surface area contributed by atoms with Crippen LogP contribution < -0.4 is 10.8 Å². The molecule has 1 unspecified atom stereocenters. The van der Waals surface area contributed by atoms with Gasteiger partial charge in [0.05, 0.1) is 5.69 Å². The third-order valence-electron chi connectivity index (χ3n) is 9.42. The fourth-order valence-electron chi connectivity index (χ4n) is 6.98. The summed E-state index contributed by atoms with van der Waals surface area (Å²) in [4.78, 5) is 36.9. The van der Waals surface area contributed by atoms with E-state index in [4.69, 9.17) is 5.26 Å². The van der Waals surface area contributed by atoms with Gasteiger partial charge in [-0.15, -0.1) is 11.6 Å². The summed E-state index contributed by atoms with van der Waals surface area (Å²) < 4.78 is 0. The number of benzene rings is 3. The Labute approximate surface area is 266 Å². The number of piperidine rings is 1. The monoisotopic (exact) mass is 611 g/mol. The normalized spacial score (nSPS) is 20.4. The Kier molecular flexibility index (Phi) is 11.2. The van der Waals surface area contributed by atoms with Gasteiger partial charge < -0.3 is 20.0 Å². The lowest BCUT2D eigenvalue weighted by atomic mass is 9.88. The number of amides is 3. The standard InChI is InChI=1S/C36H45N5O4/c1-3-20-41(36(43)37-25-27-14-16-31(17-15-27)38-45-44)32-18-21-40(22-19-32)26-30-23-33(24-34(30)28-10-6-4-7-11-28)39(2)35(42)29-12-8-5-9-13-29/h3-17,30,32-34,38,44H,1,18-26H2,2H3,(H,37,43)/t30-,33?,34-/m1/s1. The summed E-state index contributed by atoms with van der Waals surface area (Å²) in [6.45, 7) is 7.62. The zero-order valence-corrected chi connectivity index (χ0v) is 26.1. The zero-order valence-electron chi connectivity index (χ0n) is 26.1. The van der Waals surface area contributed by atoms with Crippen molar-refractivity contribution in [1.82, 2.24) is 20.0 Å². The Morgan fingerprint density at radius 3 is 2.27 bits per heavy atom. The Morgan fingerprint density at radius 2 is 1.62 bits per heavy atom. The average Bonchev–Trinajstić information content (AvgIpc) is 3.51. The first-order valence-corrected chi connectivity index (χ1v) is 15.9. The fourth-order valence-corrected chi connectivity index (χ4v) is 6.98. The molecule has 3 aromatic rings. The van der Waals surface area contributed by atoms with Crippen molar-refractivity contribution in [2.75, 3.05) is 38.7 Å². The number of nitrogens with zero attached hydrogens (tertiary/aromatic N) is 3. The molecule has 0 aromatic heterocycles. The van der Waals surface area contributed by atoms with Crippen molar-refractivity contribution in [3.63, 3.8) is 0 Å². The van der Waals surface area contributed by atoms with Crippen LogP contribution in [0.25, 0.3) is 0 Å². The van der Waals surface area contributed by atoms with Gasteiger partial charge in [-0.2, -0.15) is 0 Å². The van der Waals surface area contributed by atoms with Crippen LogP contribution in [-0.4, -0.2) is 77.2 Å². The molecule has 3 aromatic carbocycles. The smallest absolute Gasteiger partial charge is 0.318 e. The fraction of sp³-hybridized carbons (Fsp3) is 0.389. The molecule has 238 valence electrons. The van der Waals surface area contributed by atoms with Gasteiger partial charge in [0.25, 0.3) is 5.91 Å². The molecule has 2 aliphatic rings. The van der Waals surface area contributed by atoms with Gasteiger partial charge in [0.15, 0.2) is 0 Å². The van der Waals surface area contributed by atoms with E-state index in [2.05, 4.69) is 57.6 Å². The molecule has 3 atom stereocenters. The van der Waals surface area contributed by atoms with Gasteiger partial charge in [-0.3, -0.25) is 4.79 Å². The van der Waals surface area contributed by atoms with Crippen LogP contribution in [0.1, 0.15) is 53.1 Å². The molecule has 3 N–H and O–H groups in total. The third-order valence-corrected chi connectivity index (χ3v) is 9.42. The van der Waals surface area contributed by atoms with Crippen molar-refractivity contribution in [2.24, 2.45) is 5.92 Å². The summed E-state index contributed by atoms with van der Waals surface area (Å²) in [7, 11) is 1.95. The highest BCUT2D eigenvalue weighted by Crippen LogP contribution is 2.42. The van der Waals surface area contributed by atoms with Crippen LogP contribution in [0, 0.1) is 5.92 Å². The van der Waals surface area contributed by atoms with Crippen LogP contribution in [0.4, 0.5) is 10.5 Å². The van der Waals surface area contributed by atoms with E-state index in [9.17, 15) is 9.59 Å². The lowest BCUT2D eigenvalue weighted by Gasteiger charge is -2.39. The van der Waals surface area contributed by atoms with Gasteiger partial charge in [-0.25, -0.2) is 15.5 Å². The maximum absolute atomic E-state index is 13.3. The molecule has 9 nitrogen and oxygen atoms in total. The van der Waals surface area contributed by atoms with E-state index in [1.807, 2.05) is 59.3 Å². The van der Waals surface area contributed by atoms with Gasteiger partial charge in [0.2, 0.25) is 0 Å². The van der Waals surface area contributed by atoms with Gasteiger partial charge in [0, 0.05) is 57.4 Å². The topological polar surface area (TPSA) is 97.4 Å². The molecule has 0 radical (unpaired) electrons. The van der Waals surface area contributed by atoms with Crippen LogP contribution in [0.15, 0.2) is 97.6 Å². The second-order valence-electron chi connectivity index (χ2n) is 12.2. The highest BCUT2D eigenvalue weighted by Gasteiger charge is 2.40. The maximum Gasteiger partial charge on any atom is 0.318 e. The van der Waals surface area contributed by atoms with Crippen molar-refractivity contribution in [1.29, 1.82) is 0 Å². The molecule has 1 heterocycles. The maximum atomic E-state index is 13.3. The number of carbonyl (C=O) groups is 2. The Bertz CT molecular complexity index is 1380. The highest BCUT2D eigenvalue weighted by atomic mass is 17.2. The van der Waals surface area contributed by atoms with E-state index < -0.39 is 0 Å². The lowest BCUT2D eigenvalue weighted by Crippen LogP contribution is -2.51. The molecule has 3 amide bonds. The second kappa shape index (κ2) is 15.7. The van der Waals surface area contributed by atoms with Crippen LogP contribution >= 0.6 is 0 Å². The molecular weight excluding hydrogens is 566 g/mol. The van der Waals surface area contributed by atoms with Crippen LogP contribution in [0.2, 0.25) is 0 Å². The minimum absolute atomic E-state index is 0.0831. The van der Waals surface area contributed by atoms with Gasteiger partial charge >= 0.3 is 6.03 Å². The van der Waals surface area contributed by atoms with Crippen molar-refractivity contribution in [3.05, 3.63) is 114 Å². The van der Waals surface area contributed by atoms with Crippen LogP contribution in [-0.2, 0) is 11.5 Å². The first-order chi connectivity index (χ1) is 22.0. The van der Waals surface area contributed by atoms with Gasteiger partial charge in [-0.05, 0) is 72.9 Å². The molecule has 1 aliphatic carbocycles. The SMILES string of the molecule is C=CCN(C(=O)NCc1ccc(NOO)cc1)C1CCN(C[C@H]2CC(N(C)C(=O)c3ccccc3)C[C@@H]2c2ccccc2)CC1. The van der Waals surface area contributed by atoms with E-state index in [0.29, 0.717) is 30.6 Å². The molecule has 0 spiro atoms. The van der Waals surface area contributed by atoms with Crippen molar-refractivity contribution >= 4 is 17.6 Å². The second-order valence-corrected chi connectivity index (χ2v) is 12.2. The first-order valence-electron chi connectivity index (χ1n) is 15.9. The van der Waals surface area contributed by atoms with E-state index >= 15 is 0 Å². The number of anilines is 1. The molecule has 0 bridgehead atoms. The lowest BCUT2D eigenvalue weighted by molar-refractivity contribution is -0.215. The van der Waals surface area contributed by atoms with E-state index in [0.717, 1.165) is 56.4 Å². The third kappa shape index (κ3) is 8.30. The Balaban J connectivity index is 1.18. The quantitative estimate of drug-likeness (QED) is 0.132.